The third-order valence-electron chi connectivity index (χ3n) is 5.38. The van der Waals surface area contributed by atoms with Gasteiger partial charge >= 0.3 is 6.09 Å². The fourth-order valence-corrected chi connectivity index (χ4v) is 3.46. The molecule has 5 N–H and O–H groups in total. The second kappa shape index (κ2) is 11.0. The van der Waals surface area contributed by atoms with Gasteiger partial charge in [-0.2, -0.15) is 0 Å². The number of nitrogens with zero attached hydrogens (tertiary/aromatic N) is 4. The Morgan fingerprint density at radius 3 is 2.44 bits per heavy atom. The van der Waals surface area contributed by atoms with Crippen LogP contribution in [0.15, 0.2) is 42.5 Å². The lowest BCUT2D eigenvalue weighted by Gasteiger charge is -2.24. The summed E-state index contributed by atoms with van der Waals surface area (Å²) in [5, 5.41) is 11.6. The van der Waals surface area contributed by atoms with Crippen molar-refractivity contribution in [3.63, 3.8) is 0 Å². The van der Waals surface area contributed by atoms with Crippen LogP contribution in [0, 0.1) is 0 Å². The first-order valence-electron chi connectivity index (χ1n) is 11.2. The first-order chi connectivity index (χ1) is 17.0. The molecule has 0 saturated heterocycles. The smallest absolute Gasteiger partial charge is 0.410 e. The Hall–Kier alpha value is -4.19. The van der Waals surface area contributed by atoms with E-state index in [1.807, 2.05) is 24.3 Å². The summed E-state index contributed by atoms with van der Waals surface area (Å²) >= 11 is 0. The number of fused-ring (bicyclic) bond motifs is 1. The van der Waals surface area contributed by atoms with E-state index in [9.17, 15) is 14.4 Å². The van der Waals surface area contributed by atoms with Crippen LogP contribution in [0.1, 0.15) is 37.0 Å². The highest BCUT2D eigenvalue weighted by molar-refractivity contribution is 5.85. The molecule has 0 aliphatic rings. The number of hydrogen-bond acceptors (Lipinski definition) is 8. The number of hydrogen-bond donors (Lipinski definition) is 3. The van der Waals surface area contributed by atoms with E-state index in [0.717, 1.165) is 10.5 Å². The SMILES string of the molecule is COc1ccc(C[C@@H](NC(=O)C(C)(C)N)c2nnc3cccc(COC(=O)N(C)CC(N)=O)n23)cc1. The number of ether oxygens (including phenoxy) is 2. The number of benzene rings is 1. The van der Waals surface area contributed by atoms with Crippen LogP contribution in [0.5, 0.6) is 5.75 Å². The molecule has 12 heteroatoms. The van der Waals surface area contributed by atoms with Gasteiger partial charge < -0.3 is 31.2 Å². The molecule has 2 aromatic heterocycles. The topological polar surface area (TPSA) is 167 Å². The first-order valence-corrected chi connectivity index (χ1v) is 11.2. The molecule has 0 aliphatic heterocycles. The summed E-state index contributed by atoms with van der Waals surface area (Å²) < 4.78 is 12.3. The summed E-state index contributed by atoms with van der Waals surface area (Å²) in [5.41, 5.74) is 12.0. The predicted octanol–water partition coefficient (Wildman–Crippen LogP) is 0.929. The standard InChI is InChI=1S/C24H31N7O5/c1-24(2,26)22(33)27-18(12-15-8-10-17(35-4)11-9-15)21-29-28-20-7-5-6-16(31(20)21)14-36-23(34)30(3)13-19(25)32/h5-11,18H,12-14,26H2,1-4H3,(H2,25,32)(H,27,33)/t18-/m1/s1. The van der Waals surface area contributed by atoms with E-state index in [1.54, 1.807) is 43.6 Å². The number of nitrogens with one attached hydrogen (secondary N) is 1. The molecule has 3 aromatic rings. The number of carbonyl (C=O) groups is 3. The number of methoxy groups -OCH3 is 1. The molecule has 1 atom stereocenters. The Kier molecular flexibility index (Phi) is 8.10. The molecule has 192 valence electrons. The van der Waals surface area contributed by atoms with Crippen molar-refractivity contribution >= 4 is 23.6 Å². The van der Waals surface area contributed by atoms with Gasteiger partial charge in [0.05, 0.1) is 24.4 Å². The van der Waals surface area contributed by atoms with Crippen molar-refractivity contribution in [1.82, 2.24) is 24.8 Å². The van der Waals surface area contributed by atoms with Crippen LogP contribution in [-0.2, 0) is 27.4 Å². The molecule has 0 unspecified atom stereocenters. The van der Waals surface area contributed by atoms with E-state index >= 15 is 0 Å². The first kappa shape index (κ1) is 26.4. The number of likely N-dealkylation sites (N-methyl/N-ethyl adjacent to an activating group) is 1. The van der Waals surface area contributed by atoms with Crippen LogP contribution in [0.3, 0.4) is 0 Å². The van der Waals surface area contributed by atoms with Crippen molar-refractivity contribution in [1.29, 1.82) is 0 Å². The predicted molar refractivity (Wildman–Crippen MR) is 131 cm³/mol. The van der Waals surface area contributed by atoms with Crippen molar-refractivity contribution in [2.45, 2.75) is 38.5 Å². The summed E-state index contributed by atoms with van der Waals surface area (Å²) in [5.74, 6) is 0.128. The second-order valence-corrected chi connectivity index (χ2v) is 8.95. The van der Waals surface area contributed by atoms with Crippen LogP contribution in [0.4, 0.5) is 4.79 Å². The molecule has 3 amide bonds. The van der Waals surface area contributed by atoms with Crippen LogP contribution in [0.25, 0.3) is 5.65 Å². The zero-order valence-electron chi connectivity index (χ0n) is 20.7. The highest BCUT2D eigenvalue weighted by atomic mass is 16.6. The highest BCUT2D eigenvalue weighted by Gasteiger charge is 2.28. The summed E-state index contributed by atoms with van der Waals surface area (Å²) in [7, 11) is 3.00. The molecule has 36 heavy (non-hydrogen) atoms. The summed E-state index contributed by atoms with van der Waals surface area (Å²) in [4.78, 5) is 37.3. The van der Waals surface area contributed by atoms with Crippen molar-refractivity contribution in [3.8, 4) is 5.75 Å². The number of pyridine rings is 1. The van der Waals surface area contributed by atoms with Crippen molar-refractivity contribution in [2.75, 3.05) is 20.7 Å². The molecule has 0 saturated carbocycles. The van der Waals surface area contributed by atoms with E-state index in [-0.39, 0.29) is 19.1 Å². The van der Waals surface area contributed by atoms with E-state index < -0.39 is 23.6 Å². The van der Waals surface area contributed by atoms with Gasteiger partial charge in [-0.1, -0.05) is 18.2 Å². The lowest BCUT2D eigenvalue weighted by atomic mass is 10.0. The molecule has 0 bridgehead atoms. The Balaban J connectivity index is 1.94. The van der Waals surface area contributed by atoms with Gasteiger partial charge in [0.15, 0.2) is 11.5 Å². The van der Waals surface area contributed by atoms with Crippen molar-refractivity contribution in [3.05, 3.63) is 59.5 Å². The number of nitrogens with two attached hydrogens (primary N) is 2. The number of primary amides is 1. The van der Waals surface area contributed by atoms with Crippen LogP contribution >= 0.6 is 0 Å². The second-order valence-electron chi connectivity index (χ2n) is 8.95. The fourth-order valence-electron chi connectivity index (χ4n) is 3.46. The Bertz CT molecular complexity index is 1230. The normalized spacial score (nSPS) is 12.1. The van der Waals surface area contributed by atoms with Crippen molar-refractivity contribution in [2.24, 2.45) is 11.5 Å². The van der Waals surface area contributed by atoms with Crippen LogP contribution in [0.2, 0.25) is 0 Å². The molecular weight excluding hydrogens is 466 g/mol. The van der Waals surface area contributed by atoms with E-state index in [0.29, 0.717) is 29.3 Å². The van der Waals surface area contributed by atoms with E-state index in [4.69, 9.17) is 20.9 Å². The average molecular weight is 498 g/mol. The van der Waals surface area contributed by atoms with Gasteiger partial charge in [-0.05, 0) is 50.1 Å². The third kappa shape index (κ3) is 6.48. The van der Waals surface area contributed by atoms with Gasteiger partial charge in [-0.15, -0.1) is 10.2 Å². The minimum Gasteiger partial charge on any atom is -0.497 e. The number of rotatable bonds is 10. The molecule has 3 rings (SSSR count). The quantitative estimate of drug-likeness (QED) is 0.372. The fraction of sp³-hybridized carbons (Fsp3) is 0.375. The third-order valence-corrected chi connectivity index (χ3v) is 5.38. The minimum atomic E-state index is -1.12. The van der Waals surface area contributed by atoms with Crippen LogP contribution in [-0.4, -0.2) is 63.6 Å². The van der Waals surface area contributed by atoms with Crippen LogP contribution < -0.4 is 21.5 Å². The molecule has 2 heterocycles. The minimum absolute atomic E-state index is 0.129. The van der Waals surface area contributed by atoms with Gasteiger partial charge in [-0.25, -0.2) is 4.79 Å². The molecule has 1 aromatic carbocycles. The maximum absolute atomic E-state index is 12.8. The maximum atomic E-state index is 12.8. The largest absolute Gasteiger partial charge is 0.497 e. The van der Waals surface area contributed by atoms with Gasteiger partial charge in [0, 0.05) is 7.05 Å². The Labute approximate surface area is 208 Å². The number of aromatic nitrogens is 3. The van der Waals surface area contributed by atoms with E-state index in [1.165, 1.54) is 7.05 Å². The van der Waals surface area contributed by atoms with Gasteiger partial charge in [-0.3, -0.25) is 14.0 Å². The zero-order valence-corrected chi connectivity index (χ0v) is 20.7. The molecule has 0 spiro atoms. The number of carbonyl (C=O) groups excluding carboxylic acids is 3. The van der Waals surface area contributed by atoms with Crippen molar-refractivity contribution < 1.29 is 23.9 Å². The Morgan fingerprint density at radius 1 is 1.14 bits per heavy atom. The van der Waals surface area contributed by atoms with E-state index in [2.05, 4.69) is 15.5 Å². The lowest BCUT2D eigenvalue weighted by molar-refractivity contribution is -0.126. The maximum Gasteiger partial charge on any atom is 0.410 e. The highest BCUT2D eigenvalue weighted by Crippen LogP contribution is 2.22. The molecule has 12 nitrogen and oxygen atoms in total. The number of amides is 3. The lowest BCUT2D eigenvalue weighted by Crippen LogP contribution is -2.50. The monoisotopic (exact) mass is 497 g/mol. The molecule has 0 aliphatic carbocycles. The van der Waals surface area contributed by atoms with Gasteiger partial charge in [0.1, 0.15) is 18.9 Å². The summed E-state index contributed by atoms with van der Waals surface area (Å²) in [6.45, 7) is 2.83. The Morgan fingerprint density at radius 2 is 1.83 bits per heavy atom. The molecular formula is C24H31N7O5. The van der Waals surface area contributed by atoms with Gasteiger partial charge in [0.2, 0.25) is 11.8 Å². The summed E-state index contributed by atoms with van der Waals surface area (Å²) in [6, 6.07) is 12.1. The zero-order chi connectivity index (χ0) is 26.5. The summed E-state index contributed by atoms with van der Waals surface area (Å²) in [6.07, 6.45) is -0.323. The van der Waals surface area contributed by atoms with Gasteiger partial charge in [0.25, 0.3) is 0 Å². The molecule has 0 radical (unpaired) electrons. The molecule has 0 fully saturated rings. The average Bonchev–Trinajstić information content (AvgIpc) is 3.26.